The van der Waals surface area contributed by atoms with E-state index in [4.69, 9.17) is 4.74 Å². The molecule has 0 amide bonds. The fourth-order valence-electron chi connectivity index (χ4n) is 1.45. The molecule has 0 saturated carbocycles. The van der Waals surface area contributed by atoms with Gasteiger partial charge in [-0.1, -0.05) is 56.3 Å². The molecule has 3 nitrogen and oxygen atoms in total. The normalized spacial score (nSPS) is 13.3. The van der Waals surface area contributed by atoms with E-state index in [1.165, 1.54) is 0 Å². The maximum Gasteiger partial charge on any atom is 0.0897 e. The second-order valence-corrected chi connectivity index (χ2v) is 4.57. The molecule has 0 aliphatic carbocycles. The van der Waals surface area contributed by atoms with Crippen LogP contribution in [0.1, 0.15) is 19.4 Å². The number of nitrogens with one attached hydrogen (secondary N) is 1. The summed E-state index contributed by atoms with van der Waals surface area (Å²) in [5.74, 6) is 0. The van der Waals surface area contributed by atoms with E-state index >= 15 is 0 Å². The van der Waals surface area contributed by atoms with Crippen molar-refractivity contribution in [1.82, 2.24) is 5.32 Å². The third-order valence-electron chi connectivity index (χ3n) is 2.40. The number of aliphatic hydroxyl groups is 1. The van der Waals surface area contributed by atoms with Crippen molar-refractivity contribution in [2.45, 2.75) is 26.0 Å². The largest absolute Gasteiger partial charge is 0.389 e. The van der Waals surface area contributed by atoms with Gasteiger partial charge in [-0.3, -0.25) is 0 Å². The predicted octanol–water partition coefficient (Wildman–Crippen LogP) is 2.08. The van der Waals surface area contributed by atoms with Crippen molar-refractivity contribution in [3.8, 4) is 0 Å². The monoisotopic (exact) mass is 249 g/mol. The van der Waals surface area contributed by atoms with Gasteiger partial charge in [0, 0.05) is 12.6 Å². The van der Waals surface area contributed by atoms with Gasteiger partial charge in [-0.05, 0) is 5.56 Å². The molecule has 1 aromatic carbocycles. The van der Waals surface area contributed by atoms with Crippen LogP contribution in [0.15, 0.2) is 36.4 Å². The van der Waals surface area contributed by atoms with Gasteiger partial charge in [0.05, 0.1) is 19.3 Å². The van der Waals surface area contributed by atoms with Gasteiger partial charge in [-0.15, -0.1) is 0 Å². The van der Waals surface area contributed by atoms with Crippen molar-refractivity contribution in [3.05, 3.63) is 42.0 Å². The molecule has 1 rings (SSSR count). The fraction of sp³-hybridized carbons (Fsp3) is 0.467. The molecule has 1 aromatic rings. The molecule has 2 N–H and O–H groups in total. The van der Waals surface area contributed by atoms with Crippen LogP contribution in [0.2, 0.25) is 0 Å². The van der Waals surface area contributed by atoms with Gasteiger partial charge in [0.2, 0.25) is 0 Å². The maximum absolute atomic E-state index is 9.60. The van der Waals surface area contributed by atoms with Crippen molar-refractivity contribution in [2.24, 2.45) is 0 Å². The number of ether oxygens (including phenoxy) is 1. The SMILES string of the molecule is CC(C)NCC(O)COC/C=C/c1ccccc1. The number of benzene rings is 1. The Balaban J connectivity index is 2.09. The Kier molecular flexibility index (Phi) is 7.34. The zero-order chi connectivity index (χ0) is 13.2. The zero-order valence-corrected chi connectivity index (χ0v) is 11.2. The zero-order valence-electron chi connectivity index (χ0n) is 11.2. The van der Waals surface area contributed by atoms with Gasteiger partial charge in [-0.25, -0.2) is 0 Å². The van der Waals surface area contributed by atoms with Crippen LogP contribution in [0.3, 0.4) is 0 Å². The van der Waals surface area contributed by atoms with Gasteiger partial charge in [-0.2, -0.15) is 0 Å². The highest BCUT2D eigenvalue weighted by atomic mass is 16.5. The van der Waals surface area contributed by atoms with Crippen LogP contribution in [0, 0.1) is 0 Å². The van der Waals surface area contributed by atoms with Crippen LogP contribution in [0.5, 0.6) is 0 Å². The van der Waals surface area contributed by atoms with Crippen LogP contribution in [0.4, 0.5) is 0 Å². The van der Waals surface area contributed by atoms with E-state index in [1.807, 2.05) is 42.5 Å². The summed E-state index contributed by atoms with van der Waals surface area (Å²) in [6.45, 7) is 5.55. The summed E-state index contributed by atoms with van der Waals surface area (Å²) in [6, 6.07) is 10.5. The molecule has 0 radical (unpaired) electrons. The highest BCUT2D eigenvalue weighted by Gasteiger charge is 2.03. The van der Waals surface area contributed by atoms with Crippen molar-refractivity contribution in [3.63, 3.8) is 0 Å². The second-order valence-electron chi connectivity index (χ2n) is 4.57. The van der Waals surface area contributed by atoms with Gasteiger partial charge >= 0.3 is 0 Å². The summed E-state index contributed by atoms with van der Waals surface area (Å²) in [7, 11) is 0. The molecule has 3 heteroatoms. The summed E-state index contributed by atoms with van der Waals surface area (Å²) >= 11 is 0. The van der Waals surface area contributed by atoms with Crippen molar-refractivity contribution < 1.29 is 9.84 Å². The van der Waals surface area contributed by atoms with E-state index in [1.54, 1.807) is 0 Å². The fourth-order valence-corrected chi connectivity index (χ4v) is 1.45. The predicted molar refractivity (Wildman–Crippen MR) is 75.4 cm³/mol. The molecule has 0 aliphatic heterocycles. The maximum atomic E-state index is 9.60. The molecule has 0 fully saturated rings. The van der Waals surface area contributed by atoms with Gasteiger partial charge in [0.25, 0.3) is 0 Å². The summed E-state index contributed by atoms with van der Waals surface area (Å²) in [4.78, 5) is 0. The van der Waals surface area contributed by atoms with Crippen LogP contribution < -0.4 is 5.32 Å². The summed E-state index contributed by atoms with van der Waals surface area (Å²) in [6.07, 6.45) is 3.52. The lowest BCUT2D eigenvalue weighted by Crippen LogP contribution is -2.34. The highest BCUT2D eigenvalue weighted by molar-refractivity contribution is 5.48. The minimum absolute atomic E-state index is 0.360. The molecule has 1 unspecified atom stereocenters. The van der Waals surface area contributed by atoms with E-state index in [-0.39, 0.29) is 0 Å². The Labute approximate surface area is 109 Å². The Hall–Kier alpha value is -1.16. The molecule has 0 aromatic heterocycles. The Morgan fingerprint density at radius 1 is 1.28 bits per heavy atom. The van der Waals surface area contributed by atoms with Gasteiger partial charge in [0.1, 0.15) is 0 Å². The lowest BCUT2D eigenvalue weighted by atomic mass is 10.2. The average molecular weight is 249 g/mol. The first kappa shape index (κ1) is 14.9. The summed E-state index contributed by atoms with van der Waals surface area (Å²) < 4.78 is 5.37. The number of rotatable bonds is 8. The smallest absolute Gasteiger partial charge is 0.0897 e. The molecule has 0 spiro atoms. The Bertz CT molecular complexity index is 336. The first-order valence-corrected chi connectivity index (χ1v) is 6.39. The molecule has 0 heterocycles. The van der Waals surface area contributed by atoms with Crippen LogP contribution in [-0.2, 0) is 4.74 Å². The van der Waals surface area contributed by atoms with E-state index in [9.17, 15) is 5.11 Å². The minimum atomic E-state index is -0.447. The standard InChI is InChI=1S/C15H23NO2/c1-13(2)16-11-15(17)12-18-10-6-9-14-7-4-3-5-8-14/h3-9,13,15-17H,10-12H2,1-2H3/b9-6+. The third kappa shape index (κ3) is 7.22. The van der Waals surface area contributed by atoms with E-state index in [2.05, 4.69) is 19.2 Å². The van der Waals surface area contributed by atoms with Crippen molar-refractivity contribution >= 4 is 6.08 Å². The molecule has 0 aliphatic rings. The molecular formula is C15H23NO2. The molecular weight excluding hydrogens is 226 g/mol. The molecule has 100 valence electrons. The number of hydrogen-bond donors (Lipinski definition) is 2. The lowest BCUT2D eigenvalue weighted by molar-refractivity contribution is 0.0486. The Morgan fingerprint density at radius 3 is 2.67 bits per heavy atom. The van der Waals surface area contributed by atoms with Crippen molar-refractivity contribution in [1.29, 1.82) is 0 Å². The summed E-state index contributed by atoms with van der Waals surface area (Å²) in [5, 5.41) is 12.8. The van der Waals surface area contributed by atoms with Crippen LogP contribution in [-0.4, -0.2) is 37.0 Å². The van der Waals surface area contributed by atoms with Crippen molar-refractivity contribution in [2.75, 3.05) is 19.8 Å². The van der Waals surface area contributed by atoms with Gasteiger partial charge < -0.3 is 15.2 Å². The summed E-state index contributed by atoms with van der Waals surface area (Å²) in [5.41, 5.74) is 1.16. The second kappa shape index (κ2) is 8.86. The number of hydrogen-bond acceptors (Lipinski definition) is 3. The molecule has 0 saturated heterocycles. The van der Waals surface area contributed by atoms with Gasteiger partial charge in [0.15, 0.2) is 0 Å². The highest BCUT2D eigenvalue weighted by Crippen LogP contribution is 2.00. The van der Waals surface area contributed by atoms with Crippen LogP contribution >= 0.6 is 0 Å². The van der Waals surface area contributed by atoms with E-state index in [0.29, 0.717) is 25.8 Å². The first-order chi connectivity index (χ1) is 8.68. The Morgan fingerprint density at radius 2 is 2.00 bits per heavy atom. The number of aliphatic hydroxyl groups excluding tert-OH is 1. The third-order valence-corrected chi connectivity index (χ3v) is 2.40. The first-order valence-electron chi connectivity index (χ1n) is 6.39. The minimum Gasteiger partial charge on any atom is -0.389 e. The van der Waals surface area contributed by atoms with E-state index < -0.39 is 6.10 Å². The van der Waals surface area contributed by atoms with E-state index in [0.717, 1.165) is 5.56 Å². The van der Waals surface area contributed by atoms with Crippen LogP contribution in [0.25, 0.3) is 6.08 Å². The average Bonchev–Trinajstić information content (AvgIpc) is 2.37. The topological polar surface area (TPSA) is 41.5 Å². The molecule has 1 atom stereocenters. The lowest BCUT2D eigenvalue weighted by Gasteiger charge is -2.13. The molecule has 0 bridgehead atoms. The quantitative estimate of drug-likeness (QED) is 0.693. The molecule has 18 heavy (non-hydrogen) atoms.